The first-order valence-electron chi connectivity index (χ1n) is 12.3. The number of hydrogen-bond acceptors (Lipinski definition) is 6. The maximum Gasteiger partial charge on any atom is 0.269 e. The summed E-state index contributed by atoms with van der Waals surface area (Å²) in [6.45, 7) is 5.34. The van der Waals surface area contributed by atoms with E-state index in [0.717, 1.165) is 45.3 Å². The second kappa shape index (κ2) is 9.64. The number of hydrogen-bond donors (Lipinski definition) is 0. The van der Waals surface area contributed by atoms with Crippen LogP contribution in [0, 0.1) is 6.92 Å². The Morgan fingerprint density at radius 3 is 2.35 bits per heavy atom. The van der Waals surface area contributed by atoms with Crippen molar-refractivity contribution in [1.29, 1.82) is 0 Å². The van der Waals surface area contributed by atoms with E-state index in [2.05, 4.69) is 15.0 Å². The average Bonchev–Trinajstić information content (AvgIpc) is 3.42. The lowest BCUT2D eigenvalue weighted by Gasteiger charge is -2.14. The fourth-order valence-corrected chi connectivity index (χ4v) is 6.19. The van der Waals surface area contributed by atoms with Crippen LogP contribution in [0.25, 0.3) is 33.2 Å². The number of aromatic nitrogens is 4. The third-order valence-corrected chi connectivity index (χ3v) is 8.29. The van der Waals surface area contributed by atoms with Gasteiger partial charge in [-0.2, -0.15) is 5.10 Å². The van der Waals surface area contributed by atoms with Crippen molar-refractivity contribution in [3.05, 3.63) is 72.1 Å². The van der Waals surface area contributed by atoms with Crippen molar-refractivity contribution in [2.45, 2.75) is 25.2 Å². The molecule has 0 fully saturated rings. The van der Waals surface area contributed by atoms with Crippen LogP contribution in [-0.2, 0) is 23.5 Å². The SMILES string of the molecule is CCc1c(-c2ccc(OCCN(C)C)cc2)n(S(=O)(=O)c2ccc(C)cc2)c2ncc3cnn(C)c3c12. The molecule has 192 valence electrons. The number of likely N-dealkylation sites (N-methyl/N-ethyl adjacent to an activating group) is 1. The van der Waals surface area contributed by atoms with Crippen LogP contribution in [0.3, 0.4) is 0 Å². The van der Waals surface area contributed by atoms with Gasteiger partial charge in [0.05, 0.1) is 22.3 Å². The highest BCUT2D eigenvalue weighted by Crippen LogP contribution is 2.39. The quantitative estimate of drug-likeness (QED) is 0.298. The van der Waals surface area contributed by atoms with Crippen molar-refractivity contribution in [3.8, 4) is 17.0 Å². The van der Waals surface area contributed by atoms with Gasteiger partial charge in [-0.05, 0) is 75.0 Å². The van der Waals surface area contributed by atoms with Crippen LogP contribution in [-0.4, -0.2) is 59.3 Å². The van der Waals surface area contributed by atoms with Gasteiger partial charge in [0.25, 0.3) is 10.0 Å². The lowest BCUT2D eigenvalue weighted by Crippen LogP contribution is -2.19. The monoisotopic (exact) mass is 517 g/mol. The molecular weight excluding hydrogens is 486 g/mol. The molecule has 0 aliphatic carbocycles. The van der Waals surface area contributed by atoms with Crippen LogP contribution in [0.1, 0.15) is 18.1 Å². The fourth-order valence-electron chi connectivity index (χ4n) is 4.68. The summed E-state index contributed by atoms with van der Waals surface area (Å²) < 4.78 is 37.4. The number of nitrogens with zero attached hydrogens (tertiary/aromatic N) is 5. The maximum atomic E-state index is 14.2. The summed E-state index contributed by atoms with van der Waals surface area (Å²) >= 11 is 0. The molecule has 5 aromatic rings. The highest BCUT2D eigenvalue weighted by Gasteiger charge is 2.30. The molecule has 3 heterocycles. The number of fused-ring (bicyclic) bond motifs is 3. The predicted octanol–water partition coefficient (Wildman–Crippen LogP) is 4.64. The normalized spacial score (nSPS) is 12.2. The summed E-state index contributed by atoms with van der Waals surface area (Å²) in [5, 5.41) is 6.08. The van der Waals surface area contributed by atoms with Gasteiger partial charge in [-0.15, -0.1) is 0 Å². The van der Waals surface area contributed by atoms with E-state index < -0.39 is 10.0 Å². The first-order chi connectivity index (χ1) is 17.7. The van der Waals surface area contributed by atoms with Gasteiger partial charge in [0.2, 0.25) is 0 Å². The maximum absolute atomic E-state index is 14.2. The third-order valence-electron chi connectivity index (χ3n) is 6.58. The Balaban J connectivity index is 1.77. The van der Waals surface area contributed by atoms with Gasteiger partial charge in [-0.3, -0.25) is 4.68 Å². The number of pyridine rings is 1. The molecule has 0 amide bonds. The van der Waals surface area contributed by atoms with Gasteiger partial charge in [0.15, 0.2) is 5.65 Å². The molecule has 3 aromatic heterocycles. The molecule has 8 nitrogen and oxygen atoms in total. The number of benzene rings is 2. The summed E-state index contributed by atoms with van der Waals surface area (Å²) in [7, 11) is 1.91. The van der Waals surface area contributed by atoms with Crippen LogP contribution in [0.15, 0.2) is 65.8 Å². The summed E-state index contributed by atoms with van der Waals surface area (Å²) in [5.74, 6) is 0.736. The molecule has 0 N–H and O–H groups in total. The molecule has 5 rings (SSSR count). The molecule has 9 heteroatoms. The summed E-state index contributed by atoms with van der Waals surface area (Å²) in [6.07, 6.45) is 4.07. The Morgan fingerprint density at radius 2 is 1.70 bits per heavy atom. The minimum absolute atomic E-state index is 0.217. The second-order valence-electron chi connectivity index (χ2n) is 9.47. The molecule has 2 aromatic carbocycles. The van der Waals surface area contributed by atoms with Crippen molar-refractivity contribution >= 4 is 32.0 Å². The Labute approximate surface area is 217 Å². The minimum Gasteiger partial charge on any atom is -0.492 e. The van der Waals surface area contributed by atoms with E-state index in [9.17, 15) is 8.42 Å². The van der Waals surface area contributed by atoms with Crippen LogP contribution in [0.5, 0.6) is 5.75 Å². The largest absolute Gasteiger partial charge is 0.492 e. The van der Waals surface area contributed by atoms with E-state index in [1.54, 1.807) is 29.2 Å². The number of rotatable bonds is 8. The lowest BCUT2D eigenvalue weighted by molar-refractivity contribution is 0.261. The van der Waals surface area contributed by atoms with Crippen molar-refractivity contribution in [2.75, 3.05) is 27.2 Å². The first kappa shape index (κ1) is 25.0. The summed E-state index contributed by atoms with van der Waals surface area (Å²) in [6, 6.07) is 14.5. The molecule has 0 saturated carbocycles. The smallest absolute Gasteiger partial charge is 0.269 e. The van der Waals surface area contributed by atoms with E-state index in [0.29, 0.717) is 24.4 Å². The Kier molecular flexibility index (Phi) is 6.51. The molecule has 0 spiro atoms. The Morgan fingerprint density at radius 1 is 1.00 bits per heavy atom. The second-order valence-corrected chi connectivity index (χ2v) is 11.3. The Bertz CT molecular complexity index is 1680. The topological polar surface area (TPSA) is 82.2 Å². The van der Waals surface area contributed by atoms with Crippen LogP contribution in [0.4, 0.5) is 0 Å². The molecule has 0 saturated heterocycles. The van der Waals surface area contributed by atoms with E-state index >= 15 is 0 Å². The zero-order valence-corrected chi connectivity index (χ0v) is 22.6. The van der Waals surface area contributed by atoms with Gasteiger partial charge >= 0.3 is 0 Å². The molecule has 0 aliphatic rings. The molecule has 0 atom stereocenters. The Hall–Kier alpha value is -3.69. The first-order valence-corrected chi connectivity index (χ1v) is 13.7. The van der Waals surface area contributed by atoms with Crippen molar-refractivity contribution in [3.63, 3.8) is 0 Å². The lowest BCUT2D eigenvalue weighted by atomic mass is 10.0. The van der Waals surface area contributed by atoms with Crippen molar-refractivity contribution in [1.82, 2.24) is 23.6 Å². The molecule has 0 aliphatic heterocycles. The third kappa shape index (κ3) is 4.38. The average molecular weight is 518 g/mol. The molecule has 0 radical (unpaired) electrons. The van der Waals surface area contributed by atoms with Gasteiger partial charge in [0.1, 0.15) is 12.4 Å². The molecule has 0 bridgehead atoms. The zero-order chi connectivity index (χ0) is 26.3. The van der Waals surface area contributed by atoms with E-state index in [1.165, 1.54) is 3.97 Å². The van der Waals surface area contributed by atoms with Gasteiger partial charge in [-0.1, -0.05) is 24.6 Å². The molecular formula is C28H31N5O3S. The standard InChI is InChI=1S/C28H31N5O3S/c1-6-24-25-27-21(18-30-32(27)5)17-29-28(25)33(37(34,35)23-13-7-19(2)8-14-23)26(24)20-9-11-22(12-10-20)36-16-15-31(3)4/h7-14,17-18H,6,15-16H2,1-5H3. The zero-order valence-electron chi connectivity index (χ0n) is 21.8. The highest BCUT2D eigenvalue weighted by atomic mass is 32.2. The molecule has 0 unspecified atom stereocenters. The highest BCUT2D eigenvalue weighted by molar-refractivity contribution is 7.90. The van der Waals surface area contributed by atoms with E-state index in [-0.39, 0.29) is 4.90 Å². The van der Waals surface area contributed by atoms with Crippen LogP contribution in [0.2, 0.25) is 0 Å². The van der Waals surface area contributed by atoms with Gasteiger partial charge in [0, 0.05) is 30.6 Å². The fraction of sp³-hybridized carbons (Fsp3) is 0.286. The van der Waals surface area contributed by atoms with Gasteiger partial charge < -0.3 is 9.64 Å². The minimum atomic E-state index is -3.96. The van der Waals surface area contributed by atoms with Crippen molar-refractivity contribution in [2.24, 2.45) is 7.05 Å². The van der Waals surface area contributed by atoms with Crippen LogP contribution < -0.4 is 4.74 Å². The van der Waals surface area contributed by atoms with Crippen molar-refractivity contribution < 1.29 is 13.2 Å². The predicted molar refractivity (Wildman–Crippen MR) is 147 cm³/mol. The summed E-state index contributed by atoms with van der Waals surface area (Å²) in [5.41, 5.74) is 4.55. The van der Waals surface area contributed by atoms with E-state index in [4.69, 9.17) is 4.74 Å². The summed E-state index contributed by atoms with van der Waals surface area (Å²) in [4.78, 5) is 6.94. The molecule has 37 heavy (non-hydrogen) atoms. The number of aryl methyl sites for hydroxylation is 3. The van der Waals surface area contributed by atoms with E-state index in [1.807, 2.05) is 71.4 Å². The number of ether oxygens (including phenoxy) is 1. The van der Waals surface area contributed by atoms with Crippen LogP contribution >= 0.6 is 0 Å². The van der Waals surface area contributed by atoms with Gasteiger partial charge in [-0.25, -0.2) is 17.4 Å².